The van der Waals surface area contributed by atoms with Crippen molar-refractivity contribution in [2.24, 2.45) is 5.92 Å². The van der Waals surface area contributed by atoms with Gasteiger partial charge < -0.3 is 10.1 Å². The van der Waals surface area contributed by atoms with Gasteiger partial charge in [-0.2, -0.15) is 0 Å². The monoisotopic (exact) mass is 446 g/mol. The van der Waals surface area contributed by atoms with Crippen LogP contribution in [0.3, 0.4) is 0 Å². The van der Waals surface area contributed by atoms with Crippen LogP contribution >= 0.6 is 11.3 Å². The van der Waals surface area contributed by atoms with Crippen molar-refractivity contribution in [1.82, 2.24) is 15.0 Å². The first-order valence-corrected chi connectivity index (χ1v) is 11.2. The maximum atomic E-state index is 13.2. The second kappa shape index (κ2) is 9.78. The highest BCUT2D eigenvalue weighted by Crippen LogP contribution is 2.39. The molecule has 0 fully saturated rings. The van der Waals surface area contributed by atoms with Gasteiger partial charge in [-0.15, -0.1) is 0 Å². The second-order valence-corrected chi connectivity index (χ2v) is 8.80. The average molecular weight is 447 g/mol. The summed E-state index contributed by atoms with van der Waals surface area (Å²) in [6, 6.07) is 14.5. The zero-order chi connectivity index (χ0) is 22.5. The van der Waals surface area contributed by atoms with Gasteiger partial charge in [-0.05, 0) is 29.2 Å². The number of rotatable bonds is 8. The van der Waals surface area contributed by atoms with Crippen LogP contribution in [0.15, 0.2) is 67.3 Å². The van der Waals surface area contributed by atoms with Crippen LogP contribution in [0.1, 0.15) is 20.3 Å². The van der Waals surface area contributed by atoms with Crippen molar-refractivity contribution >= 4 is 22.8 Å². The fourth-order valence-electron chi connectivity index (χ4n) is 3.41. The van der Waals surface area contributed by atoms with Crippen LogP contribution in [0.4, 0.5) is 9.52 Å². The van der Waals surface area contributed by atoms with E-state index in [9.17, 15) is 9.18 Å². The molecule has 162 valence electrons. The number of halogens is 1. The Hall–Kier alpha value is -3.45. The Morgan fingerprint density at radius 3 is 2.12 bits per heavy atom. The summed E-state index contributed by atoms with van der Waals surface area (Å²) in [4.78, 5) is 25.2. The third-order valence-electron chi connectivity index (χ3n) is 5.25. The van der Waals surface area contributed by atoms with E-state index in [2.05, 4.69) is 29.1 Å². The Balaban J connectivity index is 1.71. The van der Waals surface area contributed by atoms with Gasteiger partial charge in [0.25, 0.3) is 0 Å². The molecule has 2 heterocycles. The Kier molecular flexibility index (Phi) is 6.66. The molecule has 1 N–H and O–H groups in total. The number of thiazole rings is 1. The molecule has 4 rings (SSSR count). The normalized spacial score (nSPS) is 12.0. The lowest BCUT2D eigenvalue weighted by atomic mass is 10.0. The molecule has 0 aliphatic rings. The molecule has 0 aliphatic carbocycles. The van der Waals surface area contributed by atoms with Crippen molar-refractivity contribution in [2.75, 3.05) is 5.32 Å². The van der Waals surface area contributed by atoms with E-state index in [4.69, 9.17) is 4.98 Å². The van der Waals surface area contributed by atoms with Crippen LogP contribution in [-0.4, -0.2) is 27.3 Å². The van der Waals surface area contributed by atoms with Crippen molar-refractivity contribution in [3.63, 3.8) is 0 Å². The number of nitrogens with one attached hydrogen (secondary N) is 1. The fourth-order valence-corrected chi connectivity index (χ4v) is 4.44. The van der Waals surface area contributed by atoms with Crippen LogP contribution in [-0.2, 0) is 4.79 Å². The number of hydrogen-bond donors (Lipinski definition) is 1. The maximum Gasteiger partial charge on any atom is 0.184 e. The molecule has 0 amide bonds. The summed E-state index contributed by atoms with van der Waals surface area (Å²) in [5, 5.41) is 4.17. The van der Waals surface area contributed by atoms with E-state index in [-0.39, 0.29) is 17.8 Å². The number of anilines is 1. The van der Waals surface area contributed by atoms with Crippen molar-refractivity contribution in [2.45, 2.75) is 26.3 Å². The average Bonchev–Trinajstić information content (AvgIpc) is 3.24. The standard InChI is InChI=1S/C25H23FN4OS/c1-16(2)22(11-12-31)29-25-30-23(24(32-25)20-13-27-15-28-14-20)19-5-3-17(4-6-19)18-7-9-21(26)10-8-18/h3-10,12-16,22H,11H2,1-2H3,(H,29,30). The molecule has 5 nitrogen and oxygen atoms in total. The van der Waals surface area contributed by atoms with Crippen LogP contribution in [0.25, 0.3) is 32.8 Å². The summed E-state index contributed by atoms with van der Waals surface area (Å²) in [6.07, 6.45) is 6.40. The quantitative estimate of drug-likeness (QED) is 0.331. The van der Waals surface area contributed by atoms with Gasteiger partial charge in [-0.1, -0.05) is 61.6 Å². The van der Waals surface area contributed by atoms with Crippen molar-refractivity contribution in [3.05, 3.63) is 73.1 Å². The number of carbonyl (C=O) groups excluding carboxylic acids is 1. The predicted molar refractivity (Wildman–Crippen MR) is 127 cm³/mol. The van der Waals surface area contributed by atoms with E-state index in [0.29, 0.717) is 6.42 Å². The number of nitrogens with zero attached hydrogens (tertiary/aromatic N) is 3. The Bertz CT molecular complexity index is 1180. The van der Waals surface area contributed by atoms with Crippen molar-refractivity contribution < 1.29 is 9.18 Å². The van der Waals surface area contributed by atoms with Crippen LogP contribution in [0.5, 0.6) is 0 Å². The summed E-state index contributed by atoms with van der Waals surface area (Å²) in [5.41, 5.74) is 4.61. The van der Waals surface area contributed by atoms with Gasteiger partial charge in [0.15, 0.2) is 5.13 Å². The molecule has 7 heteroatoms. The van der Waals surface area contributed by atoms with E-state index in [1.54, 1.807) is 24.5 Å². The number of aldehydes is 1. The third kappa shape index (κ3) is 4.89. The van der Waals surface area contributed by atoms with Crippen molar-refractivity contribution in [1.29, 1.82) is 0 Å². The molecular weight excluding hydrogens is 423 g/mol. The van der Waals surface area contributed by atoms with Gasteiger partial charge >= 0.3 is 0 Å². The lowest BCUT2D eigenvalue weighted by molar-refractivity contribution is -0.108. The first-order chi connectivity index (χ1) is 15.5. The lowest BCUT2D eigenvalue weighted by Gasteiger charge is -2.19. The highest BCUT2D eigenvalue weighted by Gasteiger charge is 2.19. The Morgan fingerprint density at radius 1 is 0.938 bits per heavy atom. The highest BCUT2D eigenvalue weighted by atomic mass is 32.1. The zero-order valence-corrected chi connectivity index (χ0v) is 18.6. The molecule has 0 spiro atoms. The number of hydrogen-bond acceptors (Lipinski definition) is 6. The molecule has 0 radical (unpaired) electrons. The van der Waals surface area contributed by atoms with Gasteiger partial charge in [-0.25, -0.2) is 19.3 Å². The zero-order valence-electron chi connectivity index (χ0n) is 17.8. The maximum absolute atomic E-state index is 13.2. The van der Waals surface area contributed by atoms with Crippen molar-refractivity contribution in [3.8, 4) is 32.8 Å². The lowest BCUT2D eigenvalue weighted by Crippen LogP contribution is -2.25. The molecule has 0 saturated heterocycles. The second-order valence-electron chi connectivity index (χ2n) is 7.81. The minimum absolute atomic E-state index is 0.00669. The Labute approximate surface area is 190 Å². The van der Waals surface area contributed by atoms with Gasteiger partial charge in [0, 0.05) is 36.0 Å². The third-order valence-corrected chi connectivity index (χ3v) is 6.29. The number of carbonyl (C=O) groups is 1. The van der Waals surface area contributed by atoms with Gasteiger partial charge in [0.05, 0.1) is 10.6 Å². The fraction of sp³-hybridized carbons (Fsp3) is 0.200. The number of benzene rings is 2. The summed E-state index contributed by atoms with van der Waals surface area (Å²) >= 11 is 1.52. The molecular formula is C25H23FN4OS. The SMILES string of the molecule is CC(C)C(CC=O)Nc1nc(-c2ccc(-c3ccc(F)cc3)cc2)c(-c2cncnc2)s1. The first-order valence-electron chi connectivity index (χ1n) is 10.4. The minimum Gasteiger partial charge on any atom is -0.358 e. The van der Waals surface area contributed by atoms with E-state index in [1.807, 2.05) is 24.3 Å². The van der Waals surface area contributed by atoms with Gasteiger partial charge in [0.2, 0.25) is 0 Å². The molecule has 0 saturated carbocycles. The molecule has 0 bridgehead atoms. The Morgan fingerprint density at radius 2 is 1.53 bits per heavy atom. The summed E-state index contributed by atoms with van der Waals surface area (Å²) < 4.78 is 13.2. The van der Waals surface area contributed by atoms with Crippen LogP contribution in [0, 0.1) is 11.7 Å². The topological polar surface area (TPSA) is 67.8 Å². The number of aromatic nitrogens is 3. The summed E-state index contributed by atoms with van der Waals surface area (Å²) in [6.45, 7) is 4.16. The van der Waals surface area contributed by atoms with Crippen LogP contribution < -0.4 is 5.32 Å². The van der Waals surface area contributed by atoms with Crippen LogP contribution in [0.2, 0.25) is 0 Å². The summed E-state index contributed by atoms with van der Waals surface area (Å²) in [5.74, 6) is 0.0305. The molecule has 1 unspecified atom stereocenters. The van der Waals surface area contributed by atoms with E-state index < -0.39 is 0 Å². The van der Waals surface area contributed by atoms with E-state index in [1.165, 1.54) is 29.8 Å². The predicted octanol–water partition coefficient (Wildman–Crippen LogP) is 6.10. The van der Waals surface area contributed by atoms with E-state index in [0.717, 1.165) is 44.2 Å². The largest absolute Gasteiger partial charge is 0.358 e. The molecule has 32 heavy (non-hydrogen) atoms. The minimum atomic E-state index is -0.253. The molecule has 4 aromatic rings. The highest BCUT2D eigenvalue weighted by molar-refractivity contribution is 7.19. The summed E-state index contributed by atoms with van der Waals surface area (Å²) in [7, 11) is 0. The molecule has 1 atom stereocenters. The smallest absolute Gasteiger partial charge is 0.184 e. The van der Waals surface area contributed by atoms with Gasteiger partial charge in [-0.3, -0.25) is 0 Å². The molecule has 2 aromatic heterocycles. The first kappa shape index (κ1) is 21.8. The molecule has 0 aliphatic heterocycles. The van der Waals surface area contributed by atoms with E-state index >= 15 is 0 Å². The molecule has 2 aromatic carbocycles. The van der Waals surface area contributed by atoms with Gasteiger partial charge in [0.1, 0.15) is 18.4 Å².